The molecule has 1 aliphatic rings. The third-order valence-electron chi connectivity index (χ3n) is 4.83. The van der Waals surface area contributed by atoms with Gasteiger partial charge in [-0.3, -0.25) is 9.89 Å². The van der Waals surface area contributed by atoms with E-state index < -0.39 is 5.92 Å². The van der Waals surface area contributed by atoms with E-state index in [0.717, 1.165) is 16.3 Å². The number of rotatable bonds is 5. The van der Waals surface area contributed by atoms with Crippen molar-refractivity contribution >= 4 is 22.9 Å². The predicted molar refractivity (Wildman–Crippen MR) is 117 cm³/mol. The van der Waals surface area contributed by atoms with E-state index in [1.165, 1.54) is 0 Å². The lowest BCUT2D eigenvalue weighted by Crippen LogP contribution is -2.40. The van der Waals surface area contributed by atoms with Crippen molar-refractivity contribution in [2.45, 2.75) is 39.2 Å². The standard InChI is InChI=1S/C20H20F2N4OS.C2H6/c21-20(22)7-9-26(10-8-20)17-5-2-1-4-15(17)19(27)23-13-14-12-16(25-24-14)18-6-3-11-28-18;1-2/h1-6,11-12H,7-10,13H2,(H,23,27)(H,24,25);1-2H3. The fourth-order valence-corrected chi connectivity index (χ4v) is 3.98. The summed E-state index contributed by atoms with van der Waals surface area (Å²) in [6.45, 7) is 4.79. The first-order valence-electron chi connectivity index (χ1n) is 10.1. The van der Waals surface area contributed by atoms with Crippen molar-refractivity contribution in [3.05, 3.63) is 59.1 Å². The maximum absolute atomic E-state index is 13.5. The van der Waals surface area contributed by atoms with Gasteiger partial charge in [-0.2, -0.15) is 5.10 Å². The fraction of sp³-hybridized carbons (Fsp3) is 0.364. The van der Waals surface area contributed by atoms with E-state index in [9.17, 15) is 13.6 Å². The van der Waals surface area contributed by atoms with E-state index in [-0.39, 0.29) is 31.8 Å². The third-order valence-corrected chi connectivity index (χ3v) is 5.72. The molecule has 2 N–H and O–H groups in total. The lowest BCUT2D eigenvalue weighted by atomic mass is 10.0. The van der Waals surface area contributed by atoms with Crippen molar-refractivity contribution in [1.82, 2.24) is 15.5 Å². The third kappa shape index (κ3) is 5.24. The summed E-state index contributed by atoms with van der Waals surface area (Å²) in [5, 5.41) is 12.1. The number of carbonyl (C=O) groups is 1. The maximum atomic E-state index is 13.5. The van der Waals surface area contributed by atoms with Crippen LogP contribution in [0.1, 0.15) is 42.7 Å². The number of aromatic nitrogens is 2. The molecule has 3 heterocycles. The first-order chi connectivity index (χ1) is 14.5. The molecule has 2 aromatic heterocycles. The lowest BCUT2D eigenvalue weighted by molar-refractivity contribution is -0.0220. The molecule has 30 heavy (non-hydrogen) atoms. The number of benzene rings is 1. The van der Waals surface area contributed by atoms with Crippen molar-refractivity contribution < 1.29 is 13.6 Å². The summed E-state index contributed by atoms with van der Waals surface area (Å²) >= 11 is 1.60. The number of anilines is 1. The molecular formula is C22H26F2N4OS. The van der Waals surface area contributed by atoms with E-state index in [1.54, 1.807) is 23.5 Å². The number of alkyl halides is 2. The first kappa shape index (κ1) is 22.0. The number of nitrogens with zero attached hydrogens (tertiary/aromatic N) is 2. The Morgan fingerprint density at radius 3 is 2.63 bits per heavy atom. The number of para-hydroxylation sites is 1. The maximum Gasteiger partial charge on any atom is 0.253 e. The van der Waals surface area contributed by atoms with Crippen LogP contribution in [0.4, 0.5) is 14.5 Å². The molecule has 1 fully saturated rings. The minimum atomic E-state index is -2.62. The van der Waals surface area contributed by atoms with Crippen molar-refractivity contribution in [1.29, 1.82) is 0 Å². The monoisotopic (exact) mass is 432 g/mol. The number of aromatic amines is 1. The van der Waals surface area contributed by atoms with Crippen molar-refractivity contribution in [3.8, 4) is 10.6 Å². The second-order valence-electron chi connectivity index (χ2n) is 6.80. The Balaban J connectivity index is 0.00000124. The highest BCUT2D eigenvalue weighted by Gasteiger charge is 2.34. The topological polar surface area (TPSA) is 61.0 Å². The molecule has 160 valence electrons. The number of hydrogen-bond donors (Lipinski definition) is 2. The Bertz CT molecular complexity index is 946. The molecule has 0 bridgehead atoms. The SMILES string of the molecule is CC.O=C(NCc1cc(-c2cccs2)n[nH]1)c1ccccc1N1CCC(F)(F)CC1. The summed E-state index contributed by atoms with van der Waals surface area (Å²) in [6, 6.07) is 13.0. The van der Waals surface area contributed by atoms with Gasteiger partial charge in [0.15, 0.2) is 0 Å². The van der Waals surface area contributed by atoms with Gasteiger partial charge in [0.25, 0.3) is 11.8 Å². The van der Waals surface area contributed by atoms with Crippen LogP contribution in [0.15, 0.2) is 47.8 Å². The van der Waals surface area contributed by atoms with E-state index in [4.69, 9.17) is 0 Å². The molecule has 0 saturated carbocycles. The van der Waals surface area contributed by atoms with Crippen LogP contribution in [-0.4, -0.2) is 35.1 Å². The molecule has 1 aromatic carbocycles. The summed E-state index contributed by atoms with van der Waals surface area (Å²) in [6.07, 6.45) is -0.384. The van der Waals surface area contributed by atoms with E-state index in [0.29, 0.717) is 17.8 Å². The smallest absolute Gasteiger partial charge is 0.253 e. The summed E-state index contributed by atoms with van der Waals surface area (Å²) < 4.78 is 26.9. The van der Waals surface area contributed by atoms with Crippen molar-refractivity contribution in [2.75, 3.05) is 18.0 Å². The van der Waals surface area contributed by atoms with Crippen LogP contribution in [0.25, 0.3) is 10.6 Å². The van der Waals surface area contributed by atoms with Gasteiger partial charge in [0.05, 0.1) is 22.7 Å². The highest BCUT2D eigenvalue weighted by Crippen LogP contribution is 2.32. The Kier molecular flexibility index (Phi) is 7.20. The minimum Gasteiger partial charge on any atom is -0.370 e. The summed E-state index contributed by atoms with van der Waals surface area (Å²) in [5.41, 5.74) is 2.82. The Labute approximate surface area is 179 Å². The molecule has 8 heteroatoms. The highest BCUT2D eigenvalue weighted by atomic mass is 32.1. The van der Waals surface area contributed by atoms with Gasteiger partial charge in [-0.1, -0.05) is 32.0 Å². The number of hydrogen-bond acceptors (Lipinski definition) is 4. The van der Waals surface area contributed by atoms with E-state index >= 15 is 0 Å². The van der Waals surface area contributed by atoms with E-state index in [2.05, 4.69) is 15.5 Å². The number of piperidine rings is 1. The largest absolute Gasteiger partial charge is 0.370 e. The molecule has 0 radical (unpaired) electrons. The summed E-state index contributed by atoms with van der Waals surface area (Å²) in [7, 11) is 0. The second-order valence-corrected chi connectivity index (χ2v) is 7.75. The molecule has 4 rings (SSSR count). The zero-order chi connectivity index (χ0) is 21.6. The number of amides is 1. The quantitative estimate of drug-likeness (QED) is 0.573. The van der Waals surface area contributed by atoms with Gasteiger partial charge in [-0.25, -0.2) is 8.78 Å². The molecule has 1 amide bonds. The number of thiophene rings is 1. The van der Waals surface area contributed by atoms with Crippen LogP contribution in [0.3, 0.4) is 0 Å². The first-order valence-corrected chi connectivity index (χ1v) is 11.0. The Hall–Kier alpha value is -2.74. The summed E-state index contributed by atoms with van der Waals surface area (Å²) in [5.74, 6) is -2.85. The second kappa shape index (κ2) is 9.84. The Morgan fingerprint density at radius 1 is 1.20 bits per heavy atom. The van der Waals surface area contributed by atoms with Gasteiger partial charge in [-0.05, 0) is 29.6 Å². The molecule has 1 saturated heterocycles. The number of halogens is 2. The minimum absolute atomic E-state index is 0.192. The van der Waals surface area contributed by atoms with Crippen LogP contribution in [-0.2, 0) is 6.54 Å². The molecule has 0 unspecified atom stereocenters. The molecule has 0 atom stereocenters. The van der Waals surface area contributed by atoms with Gasteiger partial charge in [0, 0.05) is 31.6 Å². The summed E-state index contributed by atoms with van der Waals surface area (Å²) in [4.78, 5) is 15.6. The average Bonchev–Trinajstić information content (AvgIpc) is 3.45. The zero-order valence-electron chi connectivity index (χ0n) is 17.1. The highest BCUT2D eigenvalue weighted by molar-refractivity contribution is 7.13. The number of H-pyrrole nitrogens is 1. The predicted octanol–water partition coefficient (Wildman–Crippen LogP) is 5.33. The molecule has 5 nitrogen and oxygen atoms in total. The Morgan fingerprint density at radius 2 is 1.93 bits per heavy atom. The molecule has 3 aromatic rings. The van der Waals surface area contributed by atoms with Gasteiger partial charge in [-0.15, -0.1) is 11.3 Å². The van der Waals surface area contributed by atoms with Gasteiger partial charge < -0.3 is 10.2 Å². The normalized spacial score (nSPS) is 15.3. The van der Waals surface area contributed by atoms with E-state index in [1.807, 2.05) is 54.5 Å². The van der Waals surface area contributed by atoms with Crippen LogP contribution < -0.4 is 10.2 Å². The van der Waals surface area contributed by atoms with Gasteiger partial charge >= 0.3 is 0 Å². The van der Waals surface area contributed by atoms with Crippen LogP contribution in [0.5, 0.6) is 0 Å². The van der Waals surface area contributed by atoms with Gasteiger partial charge in [0.2, 0.25) is 0 Å². The zero-order valence-corrected chi connectivity index (χ0v) is 17.9. The van der Waals surface area contributed by atoms with Crippen LogP contribution in [0, 0.1) is 0 Å². The number of carbonyl (C=O) groups excluding carboxylic acids is 1. The molecule has 0 aliphatic carbocycles. The molecular weight excluding hydrogens is 406 g/mol. The van der Waals surface area contributed by atoms with Crippen LogP contribution >= 0.6 is 11.3 Å². The number of nitrogens with one attached hydrogen (secondary N) is 2. The van der Waals surface area contributed by atoms with Crippen molar-refractivity contribution in [3.63, 3.8) is 0 Å². The average molecular weight is 433 g/mol. The van der Waals surface area contributed by atoms with Crippen LogP contribution in [0.2, 0.25) is 0 Å². The van der Waals surface area contributed by atoms with Crippen molar-refractivity contribution in [2.24, 2.45) is 0 Å². The van der Waals surface area contributed by atoms with Gasteiger partial charge in [0.1, 0.15) is 5.69 Å². The lowest BCUT2D eigenvalue weighted by Gasteiger charge is -2.34. The molecule has 1 aliphatic heterocycles. The molecule has 0 spiro atoms. The fourth-order valence-electron chi connectivity index (χ4n) is 3.29.